The number of phenolic OH excluding ortho intramolecular Hbond substituents is 1. The number of amides is 1. The third-order valence-corrected chi connectivity index (χ3v) is 7.05. The van der Waals surface area contributed by atoms with Crippen molar-refractivity contribution in [2.75, 3.05) is 27.9 Å². The number of esters is 1. The van der Waals surface area contributed by atoms with Crippen LogP contribution >= 0.6 is 0 Å². The summed E-state index contributed by atoms with van der Waals surface area (Å²) in [6.07, 6.45) is 1.83. The molecule has 0 aliphatic carbocycles. The third kappa shape index (κ3) is 3.85. The first-order chi connectivity index (χ1) is 17.0. The van der Waals surface area contributed by atoms with E-state index in [9.17, 15) is 14.7 Å². The number of H-pyrrole nitrogens is 1. The third-order valence-electron chi connectivity index (χ3n) is 7.05. The zero-order valence-electron chi connectivity index (χ0n) is 20.0. The molecule has 2 aliphatic rings. The Bertz CT molecular complexity index is 1260. The Balaban J connectivity index is 1.59. The maximum Gasteiger partial charge on any atom is 0.328 e. The van der Waals surface area contributed by atoms with Gasteiger partial charge in [0, 0.05) is 23.1 Å². The van der Waals surface area contributed by atoms with Crippen LogP contribution < -0.4 is 14.8 Å². The minimum absolute atomic E-state index is 0.0861. The number of benzene rings is 2. The lowest BCUT2D eigenvalue weighted by Crippen LogP contribution is -2.53. The predicted molar refractivity (Wildman–Crippen MR) is 129 cm³/mol. The van der Waals surface area contributed by atoms with E-state index in [1.807, 2.05) is 24.3 Å². The summed E-state index contributed by atoms with van der Waals surface area (Å²) in [5.41, 5.74) is 3.73. The first kappa shape index (κ1) is 23.0. The molecule has 3 atom stereocenters. The van der Waals surface area contributed by atoms with Crippen molar-refractivity contribution in [3.8, 4) is 17.2 Å². The number of carbonyl (C=O) groups excluding carboxylic acids is 2. The molecule has 1 amide bonds. The average molecular weight is 480 g/mol. The molecule has 9 heteroatoms. The van der Waals surface area contributed by atoms with Crippen LogP contribution in [0.5, 0.6) is 17.2 Å². The quantitative estimate of drug-likeness (QED) is 0.482. The smallest absolute Gasteiger partial charge is 0.328 e. The fourth-order valence-electron chi connectivity index (χ4n) is 5.35. The maximum atomic E-state index is 13.7. The molecule has 0 saturated carbocycles. The predicted octanol–water partition coefficient (Wildman–Crippen LogP) is 2.66. The van der Waals surface area contributed by atoms with Crippen LogP contribution in [0.25, 0.3) is 10.9 Å². The fourth-order valence-corrected chi connectivity index (χ4v) is 5.35. The number of ether oxygens (including phenoxy) is 3. The van der Waals surface area contributed by atoms with E-state index in [0.29, 0.717) is 19.4 Å². The molecule has 5 rings (SSSR count). The minimum atomic E-state index is -0.564. The highest BCUT2D eigenvalue weighted by atomic mass is 16.5. The van der Waals surface area contributed by atoms with E-state index in [-0.39, 0.29) is 29.1 Å². The van der Waals surface area contributed by atoms with Crippen molar-refractivity contribution in [2.24, 2.45) is 0 Å². The van der Waals surface area contributed by atoms with Gasteiger partial charge in [0.15, 0.2) is 11.5 Å². The van der Waals surface area contributed by atoms with Crippen LogP contribution in [-0.2, 0) is 20.7 Å². The Labute approximate surface area is 203 Å². The van der Waals surface area contributed by atoms with Crippen molar-refractivity contribution < 1.29 is 28.9 Å². The zero-order valence-corrected chi connectivity index (χ0v) is 20.0. The van der Waals surface area contributed by atoms with Crippen molar-refractivity contribution >= 4 is 22.8 Å². The van der Waals surface area contributed by atoms with Crippen molar-refractivity contribution in [2.45, 2.75) is 37.4 Å². The van der Waals surface area contributed by atoms with E-state index in [2.05, 4.69) is 10.3 Å². The topological polar surface area (TPSA) is 113 Å². The summed E-state index contributed by atoms with van der Waals surface area (Å²) in [5.74, 6) is -0.0484. The van der Waals surface area contributed by atoms with E-state index < -0.39 is 18.1 Å². The van der Waals surface area contributed by atoms with Crippen LogP contribution in [0.4, 0.5) is 0 Å². The van der Waals surface area contributed by atoms with Gasteiger partial charge in [0.1, 0.15) is 6.04 Å². The Kier molecular flexibility index (Phi) is 6.02. The summed E-state index contributed by atoms with van der Waals surface area (Å²) in [5, 5.41) is 15.0. The number of methoxy groups -OCH3 is 3. The summed E-state index contributed by atoms with van der Waals surface area (Å²) in [4.78, 5) is 31.2. The molecule has 3 N–H and O–H groups in total. The first-order valence-electron chi connectivity index (χ1n) is 11.7. The minimum Gasteiger partial charge on any atom is -0.502 e. The number of aromatic amines is 1. The van der Waals surface area contributed by atoms with Crippen molar-refractivity contribution in [3.05, 3.63) is 53.2 Å². The van der Waals surface area contributed by atoms with Gasteiger partial charge in [0.2, 0.25) is 11.7 Å². The number of para-hydroxylation sites is 1. The molecule has 1 saturated heterocycles. The number of phenols is 1. The van der Waals surface area contributed by atoms with Gasteiger partial charge in [-0.25, -0.2) is 4.79 Å². The molecule has 35 heavy (non-hydrogen) atoms. The van der Waals surface area contributed by atoms with Crippen LogP contribution in [0.1, 0.15) is 35.7 Å². The molecule has 1 fully saturated rings. The molecule has 2 aliphatic heterocycles. The summed E-state index contributed by atoms with van der Waals surface area (Å²) < 4.78 is 15.7. The normalized spacial score (nSPS) is 21.6. The van der Waals surface area contributed by atoms with Crippen LogP contribution in [0, 0.1) is 0 Å². The Morgan fingerprint density at radius 2 is 1.80 bits per heavy atom. The Hall–Kier alpha value is -3.72. The first-order valence-corrected chi connectivity index (χ1v) is 11.7. The largest absolute Gasteiger partial charge is 0.502 e. The van der Waals surface area contributed by atoms with E-state index in [4.69, 9.17) is 14.2 Å². The van der Waals surface area contributed by atoms with E-state index in [1.54, 1.807) is 17.0 Å². The number of fused-ring (bicyclic) bond motifs is 3. The van der Waals surface area contributed by atoms with Gasteiger partial charge in [-0.05, 0) is 48.6 Å². The van der Waals surface area contributed by atoms with Gasteiger partial charge >= 0.3 is 5.97 Å². The van der Waals surface area contributed by atoms with Crippen LogP contribution in [-0.4, -0.2) is 66.8 Å². The van der Waals surface area contributed by atoms with Gasteiger partial charge < -0.3 is 29.2 Å². The van der Waals surface area contributed by atoms with E-state index in [0.717, 1.165) is 34.1 Å². The Morgan fingerprint density at radius 1 is 1.09 bits per heavy atom. The lowest BCUT2D eigenvalue weighted by Gasteiger charge is -2.34. The number of likely N-dealkylation sites (tertiary alicyclic amines) is 1. The number of rotatable bonds is 5. The van der Waals surface area contributed by atoms with E-state index in [1.165, 1.54) is 21.3 Å². The second-order valence-electron chi connectivity index (χ2n) is 8.91. The maximum absolute atomic E-state index is 13.7. The number of aromatic hydroxyl groups is 1. The Morgan fingerprint density at radius 3 is 2.49 bits per heavy atom. The molecule has 0 bridgehead atoms. The van der Waals surface area contributed by atoms with Crippen molar-refractivity contribution in [3.63, 3.8) is 0 Å². The van der Waals surface area contributed by atoms with Crippen LogP contribution in [0.3, 0.4) is 0 Å². The van der Waals surface area contributed by atoms with Gasteiger partial charge in [0.05, 0.1) is 33.4 Å². The van der Waals surface area contributed by atoms with Crippen LogP contribution in [0.15, 0.2) is 36.4 Å². The molecular formula is C26H29N3O6. The summed E-state index contributed by atoms with van der Waals surface area (Å²) in [6, 6.07) is 9.96. The van der Waals surface area contributed by atoms with E-state index >= 15 is 0 Å². The molecule has 1 aromatic heterocycles. The molecule has 0 radical (unpaired) electrons. The second-order valence-corrected chi connectivity index (χ2v) is 8.91. The highest BCUT2D eigenvalue weighted by Crippen LogP contribution is 2.42. The molecule has 3 heterocycles. The number of carbonyl (C=O) groups is 2. The van der Waals surface area contributed by atoms with Gasteiger partial charge in [0.25, 0.3) is 0 Å². The molecule has 3 aromatic rings. The molecule has 184 valence electrons. The number of nitrogens with one attached hydrogen (secondary N) is 2. The highest BCUT2D eigenvalue weighted by Gasteiger charge is 2.41. The van der Waals surface area contributed by atoms with Gasteiger partial charge in [-0.15, -0.1) is 0 Å². The summed E-state index contributed by atoms with van der Waals surface area (Å²) in [7, 11) is 4.31. The standard InChI is InChI=1S/C26H29N3O6/c1-33-20-11-14(12-21(34-2)24(20)30)22-23-16(15-7-4-5-8-17(15)27-23)13-18(28-22)25(31)29-10-6-9-19(29)26(32)35-3/h4-5,7-8,11-12,18-19,22,27-28,30H,6,9-10,13H2,1-3H3/t18-,19+,22+/m0/s1. The SMILES string of the molecule is COC(=O)[C@H]1CCCN1C(=O)[C@@H]1Cc2c([nH]c3ccccc23)[C@@H](c2cc(OC)c(O)c(OC)c2)N1. The summed E-state index contributed by atoms with van der Waals surface area (Å²) >= 11 is 0. The van der Waals surface area contributed by atoms with Gasteiger partial charge in [-0.3, -0.25) is 10.1 Å². The monoisotopic (exact) mass is 479 g/mol. The van der Waals surface area contributed by atoms with Gasteiger partial charge in [-0.1, -0.05) is 18.2 Å². The number of hydrogen-bond donors (Lipinski definition) is 3. The highest BCUT2D eigenvalue weighted by molar-refractivity contribution is 5.91. The van der Waals surface area contributed by atoms with Crippen molar-refractivity contribution in [1.82, 2.24) is 15.2 Å². The fraction of sp³-hybridized carbons (Fsp3) is 0.385. The van der Waals surface area contributed by atoms with Crippen LogP contribution in [0.2, 0.25) is 0 Å². The summed E-state index contributed by atoms with van der Waals surface area (Å²) in [6.45, 7) is 0.517. The lowest BCUT2D eigenvalue weighted by atomic mass is 9.89. The molecule has 0 unspecified atom stereocenters. The van der Waals surface area contributed by atoms with Crippen molar-refractivity contribution in [1.29, 1.82) is 0 Å². The number of nitrogens with zero attached hydrogens (tertiary/aromatic N) is 1. The second kappa shape index (κ2) is 9.14. The lowest BCUT2D eigenvalue weighted by molar-refractivity contribution is -0.151. The zero-order chi connectivity index (χ0) is 24.7. The number of aromatic nitrogens is 1. The molecule has 2 aromatic carbocycles. The molecular weight excluding hydrogens is 450 g/mol. The molecule has 9 nitrogen and oxygen atoms in total. The molecule has 0 spiro atoms. The number of hydrogen-bond acceptors (Lipinski definition) is 7. The van der Waals surface area contributed by atoms with Gasteiger partial charge in [-0.2, -0.15) is 0 Å². The average Bonchev–Trinajstić information content (AvgIpc) is 3.52.